The predicted molar refractivity (Wildman–Crippen MR) is 74.8 cm³/mol. The lowest BCUT2D eigenvalue weighted by Gasteiger charge is -2.39. The summed E-state index contributed by atoms with van der Waals surface area (Å²) in [6.07, 6.45) is 3.83. The molecule has 5 heteroatoms. The SMILES string of the molecule is CCNC1(C(=O)OCC)CCCC(SCCO)C1. The second kappa shape index (κ2) is 8.02. The quantitative estimate of drug-likeness (QED) is 0.691. The first-order chi connectivity index (χ1) is 8.68. The lowest BCUT2D eigenvalue weighted by molar-refractivity contribution is -0.152. The highest BCUT2D eigenvalue weighted by Gasteiger charge is 2.43. The van der Waals surface area contributed by atoms with Crippen molar-refractivity contribution in [2.24, 2.45) is 0 Å². The number of aliphatic hydroxyl groups excluding tert-OH is 1. The van der Waals surface area contributed by atoms with Crippen molar-refractivity contribution in [1.29, 1.82) is 0 Å². The maximum absolute atomic E-state index is 12.2. The third kappa shape index (κ3) is 4.14. The number of hydrogen-bond acceptors (Lipinski definition) is 5. The molecule has 0 aromatic rings. The molecule has 0 amide bonds. The van der Waals surface area contributed by atoms with Crippen LogP contribution in [-0.4, -0.2) is 47.4 Å². The van der Waals surface area contributed by atoms with E-state index in [0.717, 1.165) is 38.0 Å². The minimum Gasteiger partial charge on any atom is -0.465 e. The van der Waals surface area contributed by atoms with Gasteiger partial charge in [0.1, 0.15) is 5.54 Å². The molecule has 18 heavy (non-hydrogen) atoms. The van der Waals surface area contributed by atoms with E-state index in [1.54, 1.807) is 11.8 Å². The molecule has 0 heterocycles. The van der Waals surface area contributed by atoms with Crippen LogP contribution in [0.25, 0.3) is 0 Å². The number of hydrogen-bond donors (Lipinski definition) is 2. The zero-order valence-corrected chi connectivity index (χ0v) is 12.2. The number of ether oxygens (including phenoxy) is 1. The molecule has 0 bridgehead atoms. The Hall–Kier alpha value is -0.260. The molecule has 0 aromatic heterocycles. The molecule has 0 aliphatic heterocycles. The average Bonchev–Trinajstić information content (AvgIpc) is 2.37. The standard InChI is InChI=1S/C13H25NO3S/c1-3-14-13(12(16)17-4-2)7-5-6-11(10-13)18-9-8-15/h11,14-15H,3-10H2,1-2H3. The van der Waals surface area contributed by atoms with Gasteiger partial charge in [0.15, 0.2) is 0 Å². The number of rotatable bonds is 7. The summed E-state index contributed by atoms with van der Waals surface area (Å²) in [6, 6.07) is 0. The maximum Gasteiger partial charge on any atom is 0.326 e. The van der Waals surface area contributed by atoms with Crippen LogP contribution < -0.4 is 5.32 Å². The van der Waals surface area contributed by atoms with Crippen molar-refractivity contribution in [2.45, 2.75) is 50.3 Å². The van der Waals surface area contributed by atoms with Crippen LogP contribution in [0.5, 0.6) is 0 Å². The zero-order chi connectivity index (χ0) is 13.4. The summed E-state index contributed by atoms with van der Waals surface area (Å²) in [7, 11) is 0. The summed E-state index contributed by atoms with van der Waals surface area (Å²) in [5.41, 5.74) is -0.504. The largest absolute Gasteiger partial charge is 0.465 e. The van der Waals surface area contributed by atoms with Crippen molar-refractivity contribution < 1.29 is 14.6 Å². The van der Waals surface area contributed by atoms with Gasteiger partial charge in [0.05, 0.1) is 13.2 Å². The van der Waals surface area contributed by atoms with E-state index >= 15 is 0 Å². The van der Waals surface area contributed by atoms with Gasteiger partial charge in [-0.25, -0.2) is 0 Å². The number of likely N-dealkylation sites (N-methyl/N-ethyl adjacent to an activating group) is 1. The monoisotopic (exact) mass is 275 g/mol. The molecular formula is C13H25NO3S. The van der Waals surface area contributed by atoms with Crippen molar-refractivity contribution in [2.75, 3.05) is 25.5 Å². The average molecular weight is 275 g/mol. The molecule has 2 unspecified atom stereocenters. The van der Waals surface area contributed by atoms with E-state index < -0.39 is 5.54 Å². The topological polar surface area (TPSA) is 58.6 Å². The predicted octanol–water partition coefficient (Wildman–Crippen LogP) is 1.57. The minimum absolute atomic E-state index is 0.110. The van der Waals surface area contributed by atoms with E-state index in [2.05, 4.69) is 5.32 Å². The molecule has 2 atom stereocenters. The number of thioether (sulfide) groups is 1. The Morgan fingerprint density at radius 3 is 2.94 bits per heavy atom. The normalized spacial score (nSPS) is 28.1. The van der Waals surface area contributed by atoms with Gasteiger partial charge in [0, 0.05) is 11.0 Å². The van der Waals surface area contributed by atoms with Crippen molar-refractivity contribution in [3.63, 3.8) is 0 Å². The van der Waals surface area contributed by atoms with Gasteiger partial charge in [-0.1, -0.05) is 6.92 Å². The Bertz CT molecular complexity index is 259. The number of carbonyl (C=O) groups excluding carboxylic acids is 1. The fourth-order valence-electron chi connectivity index (χ4n) is 2.61. The molecule has 4 nitrogen and oxygen atoms in total. The first-order valence-electron chi connectivity index (χ1n) is 6.83. The van der Waals surface area contributed by atoms with E-state index in [4.69, 9.17) is 9.84 Å². The molecule has 106 valence electrons. The van der Waals surface area contributed by atoms with Crippen LogP contribution in [0, 0.1) is 0 Å². The maximum atomic E-state index is 12.2. The molecule has 0 radical (unpaired) electrons. The smallest absolute Gasteiger partial charge is 0.326 e. The Morgan fingerprint density at radius 2 is 2.33 bits per heavy atom. The van der Waals surface area contributed by atoms with Gasteiger partial charge in [-0.05, 0) is 39.2 Å². The third-order valence-electron chi connectivity index (χ3n) is 3.33. The van der Waals surface area contributed by atoms with Crippen LogP contribution in [0.15, 0.2) is 0 Å². The van der Waals surface area contributed by atoms with Crippen LogP contribution in [0.2, 0.25) is 0 Å². The van der Waals surface area contributed by atoms with Gasteiger partial charge >= 0.3 is 5.97 Å². The van der Waals surface area contributed by atoms with Crippen LogP contribution in [0.3, 0.4) is 0 Å². The molecule has 1 rings (SSSR count). The van der Waals surface area contributed by atoms with Crippen molar-refractivity contribution in [3.05, 3.63) is 0 Å². The first-order valence-corrected chi connectivity index (χ1v) is 7.88. The summed E-state index contributed by atoms with van der Waals surface area (Å²) in [5, 5.41) is 12.7. The van der Waals surface area contributed by atoms with Gasteiger partial charge in [-0.15, -0.1) is 0 Å². The Kier molecular flexibility index (Phi) is 7.04. The zero-order valence-electron chi connectivity index (χ0n) is 11.4. The molecule has 1 saturated carbocycles. The molecule has 0 aromatic carbocycles. The van der Waals surface area contributed by atoms with Gasteiger partial charge in [-0.3, -0.25) is 4.79 Å². The fraction of sp³-hybridized carbons (Fsp3) is 0.923. The van der Waals surface area contributed by atoms with Gasteiger partial charge in [0.25, 0.3) is 0 Å². The van der Waals surface area contributed by atoms with E-state index in [9.17, 15) is 4.79 Å². The molecule has 0 saturated heterocycles. The second-order valence-electron chi connectivity index (χ2n) is 4.65. The van der Waals surface area contributed by atoms with E-state index in [0.29, 0.717) is 11.9 Å². The number of carbonyl (C=O) groups is 1. The summed E-state index contributed by atoms with van der Waals surface area (Å²) in [6.45, 7) is 5.27. The Balaban J connectivity index is 2.67. The highest BCUT2D eigenvalue weighted by atomic mass is 32.2. The number of nitrogens with one attached hydrogen (secondary N) is 1. The van der Waals surface area contributed by atoms with Crippen LogP contribution in [-0.2, 0) is 9.53 Å². The molecule has 2 N–H and O–H groups in total. The third-order valence-corrected chi connectivity index (χ3v) is 4.62. The highest BCUT2D eigenvalue weighted by molar-refractivity contribution is 7.99. The number of esters is 1. The molecule has 0 spiro atoms. The minimum atomic E-state index is -0.504. The van der Waals surface area contributed by atoms with Gasteiger partial charge < -0.3 is 15.2 Å². The second-order valence-corrected chi connectivity index (χ2v) is 6.05. The van der Waals surface area contributed by atoms with Crippen molar-refractivity contribution in [3.8, 4) is 0 Å². The van der Waals surface area contributed by atoms with Crippen LogP contribution in [0.1, 0.15) is 39.5 Å². The van der Waals surface area contributed by atoms with Gasteiger partial charge in [-0.2, -0.15) is 11.8 Å². The van der Waals surface area contributed by atoms with Crippen molar-refractivity contribution >= 4 is 17.7 Å². The van der Waals surface area contributed by atoms with E-state index in [-0.39, 0.29) is 12.6 Å². The molecule has 1 aliphatic carbocycles. The number of aliphatic hydroxyl groups is 1. The summed E-state index contributed by atoms with van der Waals surface area (Å²) < 4.78 is 5.23. The van der Waals surface area contributed by atoms with E-state index in [1.807, 2.05) is 13.8 Å². The fourth-order valence-corrected chi connectivity index (χ4v) is 3.79. The molecule has 1 fully saturated rings. The Morgan fingerprint density at radius 1 is 1.56 bits per heavy atom. The molecular weight excluding hydrogens is 250 g/mol. The lowest BCUT2D eigenvalue weighted by atomic mass is 9.81. The van der Waals surface area contributed by atoms with Crippen LogP contribution in [0.4, 0.5) is 0 Å². The first kappa shape index (κ1) is 15.8. The highest BCUT2D eigenvalue weighted by Crippen LogP contribution is 2.35. The lowest BCUT2D eigenvalue weighted by Crippen LogP contribution is -2.56. The summed E-state index contributed by atoms with van der Waals surface area (Å²) in [5.74, 6) is 0.636. The molecule has 1 aliphatic rings. The van der Waals surface area contributed by atoms with E-state index in [1.165, 1.54) is 0 Å². The van der Waals surface area contributed by atoms with Crippen LogP contribution >= 0.6 is 11.8 Å². The Labute approximate surface area is 114 Å². The van der Waals surface area contributed by atoms with Gasteiger partial charge in [0.2, 0.25) is 0 Å². The van der Waals surface area contributed by atoms with Crippen molar-refractivity contribution in [1.82, 2.24) is 5.32 Å². The summed E-state index contributed by atoms with van der Waals surface area (Å²) in [4.78, 5) is 12.2. The summed E-state index contributed by atoms with van der Waals surface area (Å²) >= 11 is 1.76.